The Labute approximate surface area is 188 Å². The Morgan fingerprint density at radius 1 is 1.19 bits per heavy atom. The second-order valence-electron chi connectivity index (χ2n) is 8.19. The highest BCUT2D eigenvalue weighted by Crippen LogP contribution is 2.39. The Hall–Kier alpha value is -3.69. The number of fused-ring (bicyclic) bond motifs is 2. The van der Waals surface area contributed by atoms with Gasteiger partial charge in [-0.25, -0.2) is 4.79 Å². The van der Waals surface area contributed by atoms with Crippen LogP contribution in [0.1, 0.15) is 39.7 Å². The van der Waals surface area contributed by atoms with Gasteiger partial charge in [0.2, 0.25) is 0 Å². The number of nitrogens with zero attached hydrogens (tertiary/aromatic N) is 1. The SMILES string of the molecule is CC1CCc2c(sc(NC(=O)c3cccc(-c4cc5ccccc5oc4=O)c3)c2C#N)C1. The normalized spacial score (nSPS) is 15.2. The lowest BCUT2D eigenvalue weighted by molar-refractivity contribution is 0.102. The maximum absolute atomic E-state index is 13.0. The van der Waals surface area contributed by atoms with E-state index in [-0.39, 0.29) is 5.91 Å². The topological polar surface area (TPSA) is 83.1 Å². The molecule has 0 aliphatic heterocycles. The van der Waals surface area contributed by atoms with Crippen molar-refractivity contribution in [2.24, 2.45) is 5.92 Å². The number of thiophene rings is 1. The van der Waals surface area contributed by atoms with Gasteiger partial charge in [0, 0.05) is 15.8 Å². The summed E-state index contributed by atoms with van der Waals surface area (Å²) in [5.41, 5.74) is 3.15. The van der Waals surface area contributed by atoms with Crippen molar-refractivity contribution >= 4 is 33.2 Å². The first-order valence-electron chi connectivity index (χ1n) is 10.5. The summed E-state index contributed by atoms with van der Waals surface area (Å²) < 4.78 is 5.44. The zero-order valence-corrected chi connectivity index (χ0v) is 18.3. The summed E-state index contributed by atoms with van der Waals surface area (Å²) in [5, 5.41) is 14.0. The average Bonchev–Trinajstić information content (AvgIpc) is 3.14. The molecule has 0 saturated carbocycles. The van der Waals surface area contributed by atoms with Gasteiger partial charge < -0.3 is 9.73 Å². The van der Waals surface area contributed by atoms with Crippen molar-refractivity contribution in [1.29, 1.82) is 5.26 Å². The summed E-state index contributed by atoms with van der Waals surface area (Å²) in [6.07, 6.45) is 2.87. The molecular formula is C26H20N2O3S. The van der Waals surface area contributed by atoms with Crippen LogP contribution < -0.4 is 10.9 Å². The Bertz CT molecular complexity index is 1460. The standard InChI is InChI=1S/C26H20N2O3S/c1-15-9-10-19-21(14-27)25(32-23(19)11-15)28-24(29)18-7-4-6-16(12-18)20-13-17-5-2-3-8-22(17)31-26(20)30/h2-8,12-13,15H,9-11H2,1H3,(H,28,29). The van der Waals surface area contributed by atoms with Gasteiger partial charge in [-0.05, 0) is 60.6 Å². The molecule has 0 radical (unpaired) electrons. The molecule has 4 aromatic rings. The number of amides is 1. The zero-order valence-electron chi connectivity index (χ0n) is 17.5. The third kappa shape index (κ3) is 3.61. The Morgan fingerprint density at radius 3 is 2.88 bits per heavy atom. The van der Waals surface area contributed by atoms with Crippen LogP contribution in [0.3, 0.4) is 0 Å². The van der Waals surface area contributed by atoms with Gasteiger partial charge in [0.05, 0.1) is 11.1 Å². The highest BCUT2D eigenvalue weighted by atomic mass is 32.1. The van der Waals surface area contributed by atoms with Crippen molar-refractivity contribution in [2.75, 3.05) is 5.32 Å². The largest absolute Gasteiger partial charge is 0.422 e. The number of carbonyl (C=O) groups excluding carboxylic acids is 1. The summed E-state index contributed by atoms with van der Waals surface area (Å²) in [7, 11) is 0. The molecule has 5 nitrogen and oxygen atoms in total. The lowest BCUT2D eigenvalue weighted by atomic mass is 9.88. The van der Waals surface area contributed by atoms with Gasteiger partial charge in [-0.2, -0.15) is 5.26 Å². The number of hydrogen-bond donors (Lipinski definition) is 1. The van der Waals surface area contributed by atoms with Gasteiger partial charge in [0.15, 0.2) is 0 Å². The third-order valence-corrected chi connectivity index (χ3v) is 7.10. The first-order chi connectivity index (χ1) is 15.5. The fourth-order valence-corrected chi connectivity index (χ4v) is 5.58. The number of nitriles is 1. The minimum atomic E-state index is -0.451. The van der Waals surface area contributed by atoms with Crippen molar-refractivity contribution in [1.82, 2.24) is 0 Å². The van der Waals surface area contributed by atoms with Crippen LogP contribution in [0.15, 0.2) is 63.8 Å². The third-order valence-electron chi connectivity index (χ3n) is 5.93. The first-order valence-corrected chi connectivity index (χ1v) is 11.3. The van der Waals surface area contributed by atoms with Gasteiger partial charge in [0.25, 0.3) is 5.91 Å². The molecule has 1 N–H and O–H groups in total. The van der Waals surface area contributed by atoms with Crippen LogP contribution in [0, 0.1) is 17.2 Å². The molecule has 2 aromatic carbocycles. The van der Waals surface area contributed by atoms with E-state index in [4.69, 9.17) is 4.42 Å². The van der Waals surface area contributed by atoms with E-state index in [1.165, 1.54) is 16.2 Å². The summed E-state index contributed by atoms with van der Waals surface area (Å²) in [6.45, 7) is 2.21. The molecule has 0 fully saturated rings. The molecule has 0 bridgehead atoms. The van der Waals surface area contributed by atoms with E-state index in [0.717, 1.165) is 30.2 Å². The lowest BCUT2D eigenvalue weighted by Crippen LogP contribution is -2.12. The van der Waals surface area contributed by atoms with E-state index in [2.05, 4.69) is 18.3 Å². The monoisotopic (exact) mass is 440 g/mol. The van der Waals surface area contributed by atoms with Crippen molar-refractivity contribution in [2.45, 2.75) is 26.2 Å². The molecule has 1 unspecified atom stereocenters. The van der Waals surface area contributed by atoms with Gasteiger partial charge >= 0.3 is 5.63 Å². The van der Waals surface area contributed by atoms with Gasteiger partial charge in [-0.1, -0.05) is 37.3 Å². The minimum Gasteiger partial charge on any atom is -0.422 e. The molecular weight excluding hydrogens is 420 g/mol. The predicted molar refractivity (Wildman–Crippen MR) is 126 cm³/mol. The summed E-state index contributed by atoms with van der Waals surface area (Å²) in [6, 6.07) is 18.3. The number of hydrogen-bond acceptors (Lipinski definition) is 5. The van der Waals surface area contributed by atoms with Crippen LogP contribution in [0.2, 0.25) is 0 Å². The molecule has 2 heterocycles. The minimum absolute atomic E-state index is 0.305. The maximum Gasteiger partial charge on any atom is 0.344 e. The van der Waals surface area contributed by atoms with E-state index in [1.54, 1.807) is 36.4 Å². The molecule has 1 aliphatic rings. The van der Waals surface area contributed by atoms with Crippen LogP contribution in [0.5, 0.6) is 0 Å². The second kappa shape index (κ2) is 8.10. The van der Waals surface area contributed by atoms with Gasteiger partial charge in [0.1, 0.15) is 16.7 Å². The van der Waals surface area contributed by atoms with Crippen molar-refractivity contribution in [3.05, 3.63) is 86.6 Å². The van der Waals surface area contributed by atoms with Crippen LogP contribution in [-0.2, 0) is 12.8 Å². The van der Waals surface area contributed by atoms with E-state index in [9.17, 15) is 14.9 Å². The average molecular weight is 441 g/mol. The zero-order chi connectivity index (χ0) is 22.2. The summed E-state index contributed by atoms with van der Waals surface area (Å²) in [5.74, 6) is 0.279. The molecule has 0 spiro atoms. The number of benzene rings is 2. The maximum atomic E-state index is 13.0. The predicted octanol–water partition coefficient (Wildman–Crippen LogP) is 5.77. The van der Waals surface area contributed by atoms with E-state index >= 15 is 0 Å². The smallest absolute Gasteiger partial charge is 0.344 e. The highest BCUT2D eigenvalue weighted by Gasteiger charge is 2.25. The molecule has 1 amide bonds. The van der Waals surface area contributed by atoms with Gasteiger partial charge in [-0.15, -0.1) is 11.3 Å². The molecule has 6 heteroatoms. The molecule has 1 aliphatic carbocycles. The van der Waals surface area contributed by atoms with E-state index < -0.39 is 5.63 Å². The number of nitrogens with one attached hydrogen (secondary N) is 1. The van der Waals surface area contributed by atoms with Gasteiger partial charge in [-0.3, -0.25) is 4.79 Å². The molecule has 158 valence electrons. The fourth-order valence-electron chi connectivity index (χ4n) is 4.22. The van der Waals surface area contributed by atoms with Crippen LogP contribution >= 0.6 is 11.3 Å². The Kier molecular flexibility index (Phi) is 5.12. The van der Waals surface area contributed by atoms with Crippen molar-refractivity contribution in [3.8, 4) is 17.2 Å². The van der Waals surface area contributed by atoms with Crippen LogP contribution in [-0.4, -0.2) is 5.91 Å². The lowest BCUT2D eigenvalue weighted by Gasteiger charge is -2.17. The van der Waals surface area contributed by atoms with Crippen molar-refractivity contribution in [3.63, 3.8) is 0 Å². The fraction of sp³-hybridized carbons (Fsp3) is 0.192. The molecule has 5 rings (SSSR count). The summed E-state index contributed by atoms with van der Waals surface area (Å²) in [4.78, 5) is 26.7. The number of anilines is 1. The van der Waals surface area contributed by atoms with E-state index in [0.29, 0.717) is 38.8 Å². The number of para-hydroxylation sites is 1. The molecule has 2 aromatic heterocycles. The van der Waals surface area contributed by atoms with Crippen molar-refractivity contribution < 1.29 is 9.21 Å². The number of carbonyl (C=O) groups is 1. The highest BCUT2D eigenvalue weighted by molar-refractivity contribution is 7.16. The molecule has 32 heavy (non-hydrogen) atoms. The first kappa shape index (κ1) is 20.2. The molecule has 1 atom stereocenters. The Morgan fingerprint density at radius 2 is 2.03 bits per heavy atom. The summed E-state index contributed by atoms with van der Waals surface area (Å²) >= 11 is 1.50. The molecule has 0 saturated heterocycles. The quantitative estimate of drug-likeness (QED) is 0.410. The van der Waals surface area contributed by atoms with E-state index in [1.807, 2.05) is 18.2 Å². The number of rotatable bonds is 3. The second-order valence-corrected chi connectivity index (χ2v) is 9.29. The van der Waals surface area contributed by atoms with Crippen LogP contribution in [0.25, 0.3) is 22.1 Å². The van der Waals surface area contributed by atoms with Crippen LogP contribution in [0.4, 0.5) is 5.00 Å². The Balaban J connectivity index is 1.47.